The highest BCUT2D eigenvalue weighted by atomic mass is 16.5. The monoisotopic (exact) mass is 331 g/mol. The molecular formula is C18H21NO5. The predicted molar refractivity (Wildman–Crippen MR) is 88.9 cm³/mol. The van der Waals surface area contributed by atoms with Gasteiger partial charge in [0.05, 0.1) is 25.5 Å². The average molecular weight is 331 g/mol. The average Bonchev–Trinajstić information content (AvgIpc) is 3.06. The zero-order valence-electron chi connectivity index (χ0n) is 14.0. The fourth-order valence-corrected chi connectivity index (χ4v) is 2.14. The molecule has 0 saturated heterocycles. The lowest BCUT2D eigenvalue weighted by Gasteiger charge is -2.15. The number of aryl methyl sites for hydroxylation is 2. The van der Waals surface area contributed by atoms with E-state index in [0.29, 0.717) is 23.6 Å². The molecule has 0 aliphatic rings. The maximum absolute atomic E-state index is 12.2. The van der Waals surface area contributed by atoms with Crippen LogP contribution in [-0.4, -0.2) is 25.1 Å². The lowest BCUT2D eigenvalue weighted by Crippen LogP contribution is -2.30. The van der Waals surface area contributed by atoms with E-state index >= 15 is 0 Å². The van der Waals surface area contributed by atoms with Gasteiger partial charge in [0.1, 0.15) is 11.5 Å². The van der Waals surface area contributed by atoms with Crippen molar-refractivity contribution >= 4 is 17.6 Å². The van der Waals surface area contributed by atoms with E-state index in [4.69, 9.17) is 13.9 Å². The number of esters is 1. The van der Waals surface area contributed by atoms with Gasteiger partial charge in [0, 0.05) is 6.42 Å². The lowest BCUT2D eigenvalue weighted by atomic mass is 10.2. The highest BCUT2D eigenvalue weighted by Gasteiger charge is 2.19. The number of furan rings is 1. The quantitative estimate of drug-likeness (QED) is 0.789. The Morgan fingerprint density at radius 2 is 2.08 bits per heavy atom. The topological polar surface area (TPSA) is 77.8 Å². The van der Waals surface area contributed by atoms with Crippen LogP contribution < -0.4 is 10.1 Å². The molecule has 1 aromatic heterocycles. The zero-order chi connectivity index (χ0) is 17.5. The molecule has 128 valence electrons. The molecule has 2 rings (SSSR count). The standard InChI is InChI=1S/C18H21NO5/c1-12-6-8-16(22-3)15(11-12)19-18(21)13(2)24-17(20)9-7-14-5-4-10-23-14/h4-6,8,10-11,13H,7,9H2,1-3H3,(H,19,21)/t13-/m0/s1. The molecule has 0 bridgehead atoms. The molecule has 1 N–H and O–H groups in total. The van der Waals surface area contributed by atoms with Gasteiger partial charge in [-0.05, 0) is 43.7 Å². The smallest absolute Gasteiger partial charge is 0.307 e. The fraction of sp³-hybridized carbons (Fsp3) is 0.333. The van der Waals surface area contributed by atoms with Crippen molar-refractivity contribution in [1.29, 1.82) is 0 Å². The van der Waals surface area contributed by atoms with Gasteiger partial charge < -0.3 is 19.2 Å². The van der Waals surface area contributed by atoms with Crippen molar-refractivity contribution in [3.8, 4) is 5.75 Å². The summed E-state index contributed by atoms with van der Waals surface area (Å²) in [5.74, 6) is 0.384. The Morgan fingerprint density at radius 1 is 1.29 bits per heavy atom. The number of benzene rings is 1. The number of amides is 1. The van der Waals surface area contributed by atoms with Crippen molar-refractivity contribution in [2.45, 2.75) is 32.8 Å². The van der Waals surface area contributed by atoms with Crippen LogP contribution in [0.25, 0.3) is 0 Å². The van der Waals surface area contributed by atoms with Crippen LogP contribution in [-0.2, 0) is 20.7 Å². The molecule has 1 atom stereocenters. The van der Waals surface area contributed by atoms with Crippen LogP contribution in [0.5, 0.6) is 5.75 Å². The number of methoxy groups -OCH3 is 1. The molecule has 2 aromatic rings. The first kappa shape index (κ1) is 17.6. The summed E-state index contributed by atoms with van der Waals surface area (Å²) in [7, 11) is 1.53. The Bertz CT molecular complexity index is 693. The molecule has 0 spiro atoms. The number of carbonyl (C=O) groups is 2. The van der Waals surface area contributed by atoms with E-state index < -0.39 is 18.0 Å². The molecule has 0 aliphatic carbocycles. The molecule has 1 amide bonds. The number of nitrogens with one attached hydrogen (secondary N) is 1. The van der Waals surface area contributed by atoms with E-state index in [0.717, 1.165) is 5.56 Å². The number of carbonyl (C=O) groups excluding carboxylic acids is 2. The molecule has 0 fully saturated rings. The van der Waals surface area contributed by atoms with Gasteiger partial charge in [-0.2, -0.15) is 0 Å². The molecule has 0 radical (unpaired) electrons. The molecular weight excluding hydrogens is 310 g/mol. The van der Waals surface area contributed by atoms with Crippen LogP contribution in [0.15, 0.2) is 41.0 Å². The summed E-state index contributed by atoms with van der Waals surface area (Å²) < 4.78 is 15.5. The first-order valence-corrected chi connectivity index (χ1v) is 7.67. The third-order valence-corrected chi connectivity index (χ3v) is 3.45. The summed E-state index contributed by atoms with van der Waals surface area (Å²) in [5.41, 5.74) is 1.52. The molecule has 1 heterocycles. The highest BCUT2D eigenvalue weighted by Crippen LogP contribution is 2.25. The van der Waals surface area contributed by atoms with Gasteiger partial charge >= 0.3 is 5.97 Å². The van der Waals surface area contributed by atoms with Gasteiger partial charge in [-0.15, -0.1) is 0 Å². The number of hydrogen-bond acceptors (Lipinski definition) is 5. The Morgan fingerprint density at radius 3 is 2.75 bits per heavy atom. The largest absolute Gasteiger partial charge is 0.495 e. The van der Waals surface area contributed by atoms with E-state index in [9.17, 15) is 9.59 Å². The third kappa shape index (κ3) is 4.87. The SMILES string of the molecule is COc1ccc(C)cc1NC(=O)[C@H](C)OC(=O)CCc1ccco1. The highest BCUT2D eigenvalue weighted by molar-refractivity contribution is 5.96. The van der Waals surface area contributed by atoms with Crippen LogP contribution >= 0.6 is 0 Å². The summed E-state index contributed by atoms with van der Waals surface area (Å²) in [5, 5.41) is 2.72. The van der Waals surface area contributed by atoms with Crippen LogP contribution in [0.2, 0.25) is 0 Å². The first-order valence-electron chi connectivity index (χ1n) is 7.67. The predicted octanol–water partition coefficient (Wildman–Crippen LogP) is 3.10. The van der Waals surface area contributed by atoms with Crippen LogP contribution in [0.4, 0.5) is 5.69 Å². The maximum atomic E-state index is 12.2. The van der Waals surface area contributed by atoms with Gasteiger partial charge in [-0.1, -0.05) is 6.07 Å². The van der Waals surface area contributed by atoms with E-state index in [1.165, 1.54) is 14.0 Å². The van der Waals surface area contributed by atoms with Crippen molar-refractivity contribution in [2.75, 3.05) is 12.4 Å². The molecule has 0 aliphatic heterocycles. The zero-order valence-corrected chi connectivity index (χ0v) is 14.0. The number of hydrogen-bond donors (Lipinski definition) is 1. The number of rotatable bonds is 7. The summed E-state index contributed by atoms with van der Waals surface area (Å²) in [6.45, 7) is 3.44. The van der Waals surface area contributed by atoms with Gasteiger partial charge in [0.25, 0.3) is 5.91 Å². The maximum Gasteiger partial charge on any atom is 0.307 e. The van der Waals surface area contributed by atoms with Crippen molar-refractivity contribution < 1.29 is 23.5 Å². The molecule has 24 heavy (non-hydrogen) atoms. The van der Waals surface area contributed by atoms with Crippen LogP contribution in [0.1, 0.15) is 24.7 Å². The Balaban J connectivity index is 1.87. The van der Waals surface area contributed by atoms with E-state index in [2.05, 4.69) is 5.32 Å². The Hall–Kier alpha value is -2.76. The second-order valence-corrected chi connectivity index (χ2v) is 5.40. The molecule has 0 saturated carbocycles. The third-order valence-electron chi connectivity index (χ3n) is 3.45. The fourth-order valence-electron chi connectivity index (χ4n) is 2.14. The van der Waals surface area contributed by atoms with E-state index in [-0.39, 0.29) is 6.42 Å². The lowest BCUT2D eigenvalue weighted by molar-refractivity contribution is -0.153. The van der Waals surface area contributed by atoms with E-state index in [1.807, 2.05) is 13.0 Å². The summed E-state index contributed by atoms with van der Waals surface area (Å²) >= 11 is 0. The van der Waals surface area contributed by atoms with Crippen molar-refractivity contribution in [3.63, 3.8) is 0 Å². The second kappa shape index (κ2) is 8.19. The minimum Gasteiger partial charge on any atom is -0.495 e. The van der Waals surface area contributed by atoms with Gasteiger partial charge in [0.15, 0.2) is 6.10 Å². The number of ether oxygens (including phenoxy) is 2. The number of anilines is 1. The van der Waals surface area contributed by atoms with Gasteiger partial charge in [0.2, 0.25) is 0 Å². The van der Waals surface area contributed by atoms with Crippen LogP contribution in [0, 0.1) is 6.92 Å². The molecule has 1 aromatic carbocycles. The first-order chi connectivity index (χ1) is 11.5. The van der Waals surface area contributed by atoms with Gasteiger partial charge in [-0.3, -0.25) is 9.59 Å². The minimum absolute atomic E-state index is 0.152. The Labute approximate surface area is 140 Å². The Kier molecular flexibility index (Phi) is 6.01. The summed E-state index contributed by atoms with van der Waals surface area (Å²) in [4.78, 5) is 24.0. The minimum atomic E-state index is -0.903. The van der Waals surface area contributed by atoms with Crippen molar-refractivity contribution in [2.24, 2.45) is 0 Å². The van der Waals surface area contributed by atoms with Crippen LogP contribution in [0.3, 0.4) is 0 Å². The van der Waals surface area contributed by atoms with E-state index in [1.54, 1.807) is 30.5 Å². The second-order valence-electron chi connectivity index (χ2n) is 5.40. The summed E-state index contributed by atoms with van der Waals surface area (Å²) in [6, 6.07) is 8.99. The normalized spacial score (nSPS) is 11.6. The van der Waals surface area contributed by atoms with Gasteiger partial charge in [-0.25, -0.2) is 0 Å². The summed E-state index contributed by atoms with van der Waals surface area (Å²) in [6.07, 6.45) is 1.23. The molecule has 6 heteroatoms. The van der Waals surface area contributed by atoms with Crippen molar-refractivity contribution in [3.05, 3.63) is 47.9 Å². The molecule has 6 nitrogen and oxygen atoms in total. The van der Waals surface area contributed by atoms with Crippen molar-refractivity contribution in [1.82, 2.24) is 0 Å². The molecule has 0 unspecified atom stereocenters.